The number of thiophene rings is 1. The molecule has 0 aromatic carbocycles. The molecule has 2 unspecified atom stereocenters. The highest BCUT2D eigenvalue weighted by Gasteiger charge is 2.29. The minimum Gasteiger partial charge on any atom is -0.333 e. The Morgan fingerprint density at radius 2 is 2.18 bits per heavy atom. The lowest BCUT2D eigenvalue weighted by Gasteiger charge is -2.38. The number of carbonyl (C=O) groups is 1. The van der Waals surface area contributed by atoms with Gasteiger partial charge < -0.3 is 10.2 Å². The Balaban J connectivity index is 1.87. The molecule has 5 heteroatoms. The van der Waals surface area contributed by atoms with Crippen LogP contribution in [0.25, 0.3) is 11.3 Å². The molecule has 1 aliphatic heterocycles. The number of nitrogens with zero attached hydrogens (tertiary/aromatic N) is 2. The van der Waals surface area contributed by atoms with Crippen LogP contribution < -0.4 is 5.32 Å². The van der Waals surface area contributed by atoms with Gasteiger partial charge in [-0.05, 0) is 44.4 Å². The standard InChI is InChI=1S/C17H21N3OS/c1-11-13(3)20(8-7-18-11)17(21)15-4-5-16(19-12(15)2)14-6-9-22-10-14/h4-6,9-11,13,18H,7-8H2,1-3H3. The lowest BCUT2D eigenvalue weighted by atomic mass is 10.0. The van der Waals surface area contributed by atoms with Gasteiger partial charge in [-0.2, -0.15) is 11.3 Å². The van der Waals surface area contributed by atoms with Crippen molar-refractivity contribution in [1.82, 2.24) is 15.2 Å². The second-order valence-corrected chi connectivity index (χ2v) is 6.60. The summed E-state index contributed by atoms with van der Waals surface area (Å²) >= 11 is 1.65. The van der Waals surface area contributed by atoms with Gasteiger partial charge in [0.25, 0.3) is 5.91 Å². The van der Waals surface area contributed by atoms with Gasteiger partial charge in [-0.25, -0.2) is 0 Å². The Kier molecular flexibility index (Phi) is 4.27. The summed E-state index contributed by atoms with van der Waals surface area (Å²) in [5.41, 5.74) is 3.54. The number of hydrogen-bond acceptors (Lipinski definition) is 4. The van der Waals surface area contributed by atoms with E-state index in [1.54, 1.807) is 11.3 Å². The molecule has 3 rings (SSSR count). The van der Waals surface area contributed by atoms with Gasteiger partial charge >= 0.3 is 0 Å². The summed E-state index contributed by atoms with van der Waals surface area (Å²) < 4.78 is 0. The molecular weight excluding hydrogens is 294 g/mol. The zero-order valence-electron chi connectivity index (χ0n) is 13.2. The van der Waals surface area contributed by atoms with Gasteiger partial charge in [-0.1, -0.05) is 0 Å². The molecular formula is C17H21N3OS. The minimum atomic E-state index is 0.0859. The molecule has 1 fully saturated rings. The fraction of sp³-hybridized carbons (Fsp3) is 0.412. The molecule has 2 atom stereocenters. The maximum Gasteiger partial charge on any atom is 0.256 e. The summed E-state index contributed by atoms with van der Waals surface area (Å²) in [6, 6.07) is 6.41. The van der Waals surface area contributed by atoms with Crippen LogP contribution in [0.15, 0.2) is 29.0 Å². The summed E-state index contributed by atoms with van der Waals surface area (Å²) in [4.78, 5) is 19.4. The zero-order valence-corrected chi connectivity index (χ0v) is 14.0. The molecule has 116 valence electrons. The van der Waals surface area contributed by atoms with Gasteiger partial charge in [-0.3, -0.25) is 9.78 Å². The SMILES string of the molecule is Cc1nc(-c2ccsc2)ccc1C(=O)N1CCNC(C)C1C. The molecule has 0 radical (unpaired) electrons. The van der Waals surface area contributed by atoms with E-state index < -0.39 is 0 Å². The first-order valence-corrected chi connectivity index (χ1v) is 8.57. The molecule has 0 aliphatic carbocycles. The summed E-state index contributed by atoms with van der Waals surface area (Å²) in [6.07, 6.45) is 0. The van der Waals surface area contributed by atoms with Crippen molar-refractivity contribution in [3.8, 4) is 11.3 Å². The zero-order chi connectivity index (χ0) is 15.7. The number of carbonyl (C=O) groups excluding carboxylic acids is 1. The second-order valence-electron chi connectivity index (χ2n) is 5.82. The number of hydrogen-bond donors (Lipinski definition) is 1. The molecule has 2 aromatic heterocycles. The Hall–Kier alpha value is -1.72. The lowest BCUT2D eigenvalue weighted by molar-refractivity contribution is 0.0601. The molecule has 1 N–H and O–H groups in total. The highest BCUT2D eigenvalue weighted by molar-refractivity contribution is 7.08. The second kappa shape index (κ2) is 6.18. The average molecular weight is 315 g/mol. The van der Waals surface area contributed by atoms with Crippen LogP contribution in [0.1, 0.15) is 29.9 Å². The molecule has 0 bridgehead atoms. The van der Waals surface area contributed by atoms with E-state index in [0.29, 0.717) is 11.6 Å². The predicted octanol–water partition coefficient (Wildman–Crippen LogP) is 2.94. The van der Waals surface area contributed by atoms with E-state index in [2.05, 4.69) is 29.5 Å². The highest BCUT2D eigenvalue weighted by atomic mass is 32.1. The van der Waals surface area contributed by atoms with Crippen LogP contribution in [0.5, 0.6) is 0 Å². The van der Waals surface area contributed by atoms with Crippen molar-refractivity contribution in [2.45, 2.75) is 32.9 Å². The summed E-state index contributed by atoms with van der Waals surface area (Å²) in [6.45, 7) is 7.72. The van der Waals surface area contributed by atoms with E-state index in [9.17, 15) is 4.79 Å². The molecule has 0 saturated carbocycles. The molecule has 4 nitrogen and oxygen atoms in total. The number of amides is 1. The fourth-order valence-electron chi connectivity index (χ4n) is 2.86. The largest absolute Gasteiger partial charge is 0.333 e. The predicted molar refractivity (Wildman–Crippen MR) is 90.3 cm³/mol. The smallest absolute Gasteiger partial charge is 0.256 e. The molecule has 1 saturated heterocycles. The first-order chi connectivity index (χ1) is 10.6. The fourth-order valence-corrected chi connectivity index (χ4v) is 3.51. The Bertz CT molecular complexity index is 669. The van der Waals surface area contributed by atoms with E-state index in [0.717, 1.165) is 30.0 Å². The van der Waals surface area contributed by atoms with Gasteiger partial charge in [0, 0.05) is 36.1 Å². The molecule has 22 heavy (non-hydrogen) atoms. The highest BCUT2D eigenvalue weighted by Crippen LogP contribution is 2.23. The molecule has 1 amide bonds. The van der Waals surface area contributed by atoms with Crippen molar-refractivity contribution >= 4 is 17.2 Å². The first kappa shape index (κ1) is 15.2. The summed E-state index contributed by atoms with van der Waals surface area (Å²) in [7, 11) is 0. The number of rotatable bonds is 2. The third-order valence-electron chi connectivity index (χ3n) is 4.43. The van der Waals surface area contributed by atoms with E-state index in [1.807, 2.05) is 35.4 Å². The van der Waals surface area contributed by atoms with E-state index in [-0.39, 0.29) is 11.9 Å². The Morgan fingerprint density at radius 3 is 2.86 bits per heavy atom. The number of nitrogens with one attached hydrogen (secondary N) is 1. The Labute approximate surface area is 135 Å². The Morgan fingerprint density at radius 1 is 1.36 bits per heavy atom. The normalized spacial score (nSPS) is 21.9. The average Bonchev–Trinajstić information content (AvgIpc) is 3.03. The van der Waals surface area contributed by atoms with Gasteiger partial charge in [0.1, 0.15) is 0 Å². The van der Waals surface area contributed by atoms with E-state index in [1.165, 1.54) is 0 Å². The summed E-state index contributed by atoms with van der Waals surface area (Å²) in [5.74, 6) is 0.0859. The molecule has 0 spiro atoms. The topological polar surface area (TPSA) is 45.2 Å². The van der Waals surface area contributed by atoms with Crippen molar-refractivity contribution in [1.29, 1.82) is 0 Å². The number of aromatic nitrogens is 1. The van der Waals surface area contributed by atoms with Crippen LogP contribution in [-0.4, -0.2) is 41.0 Å². The van der Waals surface area contributed by atoms with Crippen LogP contribution in [0.4, 0.5) is 0 Å². The van der Waals surface area contributed by atoms with Gasteiger partial charge in [0.15, 0.2) is 0 Å². The van der Waals surface area contributed by atoms with Gasteiger partial charge in [0.2, 0.25) is 0 Å². The van der Waals surface area contributed by atoms with Crippen molar-refractivity contribution in [2.24, 2.45) is 0 Å². The number of aryl methyl sites for hydroxylation is 1. The van der Waals surface area contributed by atoms with Gasteiger partial charge in [0.05, 0.1) is 17.0 Å². The van der Waals surface area contributed by atoms with Crippen molar-refractivity contribution in [3.05, 3.63) is 40.2 Å². The van der Waals surface area contributed by atoms with Crippen LogP contribution in [-0.2, 0) is 0 Å². The lowest BCUT2D eigenvalue weighted by Crippen LogP contribution is -2.57. The van der Waals surface area contributed by atoms with Crippen molar-refractivity contribution < 1.29 is 4.79 Å². The first-order valence-electron chi connectivity index (χ1n) is 7.62. The van der Waals surface area contributed by atoms with E-state index in [4.69, 9.17) is 0 Å². The third kappa shape index (κ3) is 2.78. The molecule has 1 aliphatic rings. The van der Waals surface area contributed by atoms with E-state index >= 15 is 0 Å². The third-order valence-corrected chi connectivity index (χ3v) is 5.11. The maximum atomic E-state index is 12.8. The number of pyridine rings is 1. The van der Waals surface area contributed by atoms with Crippen LogP contribution in [0, 0.1) is 6.92 Å². The van der Waals surface area contributed by atoms with Crippen molar-refractivity contribution in [2.75, 3.05) is 13.1 Å². The summed E-state index contributed by atoms with van der Waals surface area (Å²) in [5, 5.41) is 7.51. The monoisotopic (exact) mass is 315 g/mol. The van der Waals surface area contributed by atoms with Crippen LogP contribution in [0.2, 0.25) is 0 Å². The van der Waals surface area contributed by atoms with Crippen LogP contribution in [0.3, 0.4) is 0 Å². The van der Waals surface area contributed by atoms with Crippen LogP contribution >= 0.6 is 11.3 Å². The van der Waals surface area contributed by atoms with Gasteiger partial charge in [-0.15, -0.1) is 0 Å². The quantitative estimate of drug-likeness (QED) is 0.927. The number of piperazine rings is 1. The minimum absolute atomic E-state index is 0.0859. The molecule has 3 heterocycles. The molecule has 2 aromatic rings. The van der Waals surface area contributed by atoms with Crippen molar-refractivity contribution in [3.63, 3.8) is 0 Å². The maximum absolute atomic E-state index is 12.8.